The lowest BCUT2D eigenvalue weighted by atomic mass is 10.1. The molecule has 0 radical (unpaired) electrons. The van der Waals surface area contributed by atoms with E-state index in [1.165, 1.54) is 5.56 Å². The number of carbonyl (C=O) groups is 1. The van der Waals surface area contributed by atoms with Crippen LogP contribution in [0.2, 0.25) is 0 Å². The minimum atomic E-state index is -0.162. The maximum absolute atomic E-state index is 11.9. The molecule has 1 amide bonds. The maximum atomic E-state index is 11.9. The Labute approximate surface area is 125 Å². The van der Waals surface area contributed by atoms with Gasteiger partial charge in [0.05, 0.1) is 25.9 Å². The minimum absolute atomic E-state index is 0.00912. The smallest absolute Gasteiger partial charge is 0.234 e. The number of benzene rings is 1. The molecular formula is C16H24N2O3. The van der Waals surface area contributed by atoms with Gasteiger partial charge >= 0.3 is 0 Å². The first-order chi connectivity index (χ1) is 10.3. The van der Waals surface area contributed by atoms with E-state index in [0.717, 1.165) is 19.4 Å². The van der Waals surface area contributed by atoms with E-state index in [0.29, 0.717) is 26.2 Å². The molecule has 1 aromatic rings. The van der Waals surface area contributed by atoms with Crippen LogP contribution in [0.4, 0.5) is 0 Å². The molecule has 0 bridgehead atoms. The van der Waals surface area contributed by atoms with Gasteiger partial charge in [0.15, 0.2) is 0 Å². The van der Waals surface area contributed by atoms with Gasteiger partial charge in [0.1, 0.15) is 0 Å². The van der Waals surface area contributed by atoms with Crippen LogP contribution in [-0.4, -0.2) is 61.4 Å². The van der Waals surface area contributed by atoms with Gasteiger partial charge in [-0.1, -0.05) is 30.3 Å². The molecule has 1 atom stereocenters. The van der Waals surface area contributed by atoms with E-state index >= 15 is 0 Å². The third-order valence-corrected chi connectivity index (χ3v) is 3.60. The van der Waals surface area contributed by atoms with Gasteiger partial charge in [-0.15, -0.1) is 0 Å². The number of aliphatic hydroxyl groups excluding tert-OH is 1. The summed E-state index contributed by atoms with van der Waals surface area (Å²) < 4.78 is 5.36. The normalized spacial score (nSPS) is 19.4. The van der Waals surface area contributed by atoms with E-state index in [1.807, 2.05) is 23.1 Å². The van der Waals surface area contributed by atoms with Crippen molar-refractivity contribution >= 4 is 5.91 Å². The Bertz CT molecular complexity index is 425. The van der Waals surface area contributed by atoms with Crippen molar-refractivity contribution in [1.82, 2.24) is 10.2 Å². The van der Waals surface area contributed by atoms with Crippen molar-refractivity contribution in [3.63, 3.8) is 0 Å². The summed E-state index contributed by atoms with van der Waals surface area (Å²) in [4.78, 5) is 13.9. The second-order valence-corrected chi connectivity index (χ2v) is 5.35. The fourth-order valence-electron chi connectivity index (χ4n) is 2.46. The van der Waals surface area contributed by atoms with Gasteiger partial charge in [0.25, 0.3) is 0 Å². The quantitative estimate of drug-likeness (QED) is 0.716. The number of nitrogens with one attached hydrogen (secondary N) is 1. The number of amides is 1. The third kappa shape index (κ3) is 5.83. The molecule has 0 aliphatic carbocycles. The Morgan fingerprint density at radius 2 is 2.19 bits per heavy atom. The highest BCUT2D eigenvalue weighted by Gasteiger charge is 2.21. The van der Waals surface area contributed by atoms with Crippen LogP contribution in [-0.2, 0) is 16.0 Å². The summed E-state index contributed by atoms with van der Waals surface area (Å²) in [6.07, 6.45) is 1.76. The second kappa shape index (κ2) is 8.77. The molecule has 1 unspecified atom stereocenters. The fraction of sp³-hybridized carbons (Fsp3) is 0.562. The number of hydrogen-bond donors (Lipinski definition) is 2. The lowest BCUT2D eigenvalue weighted by Crippen LogP contribution is -2.48. The van der Waals surface area contributed by atoms with Crippen LogP contribution in [0.5, 0.6) is 0 Å². The summed E-state index contributed by atoms with van der Waals surface area (Å²) >= 11 is 0. The van der Waals surface area contributed by atoms with E-state index < -0.39 is 0 Å². The Balaban J connectivity index is 1.59. The van der Waals surface area contributed by atoms with Crippen molar-refractivity contribution in [3.05, 3.63) is 35.9 Å². The van der Waals surface area contributed by atoms with Crippen LogP contribution in [0.3, 0.4) is 0 Å². The largest absolute Gasteiger partial charge is 0.394 e. The third-order valence-electron chi connectivity index (χ3n) is 3.60. The summed E-state index contributed by atoms with van der Waals surface area (Å²) in [7, 11) is 0. The van der Waals surface area contributed by atoms with Gasteiger partial charge in [0.2, 0.25) is 5.91 Å². The zero-order valence-electron chi connectivity index (χ0n) is 12.3. The number of hydrogen-bond acceptors (Lipinski definition) is 4. The van der Waals surface area contributed by atoms with Crippen LogP contribution in [0.1, 0.15) is 12.0 Å². The molecule has 116 valence electrons. The molecule has 1 saturated heterocycles. The molecular weight excluding hydrogens is 268 g/mol. The second-order valence-electron chi connectivity index (χ2n) is 5.35. The molecule has 0 saturated carbocycles. The van der Waals surface area contributed by atoms with Gasteiger partial charge in [-0.2, -0.15) is 0 Å². The maximum Gasteiger partial charge on any atom is 0.234 e. The van der Waals surface area contributed by atoms with Crippen LogP contribution >= 0.6 is 0 Å². The first kappa shape index (κ1) is 15.9. The highest BCUT2D eigenvalue weighted by molar-refractivity contribution is 5.77. The van der Waals surface area contributed by atoms with Crippen molar-refractivity contribution in [2.45, 2.75) is 18.9 Å². The van der Waals surface area contributed by atoms with Gasteiger partial charge in [0, 0.05) is 19.6 Å². The number of carbonyl (C=O) groups excluding carboxylic acids is 1. The SMILES string of the molecule is O=C(CN1CCOC(CO)C1)NCCCc1ccccc1. The van der Waals surface area contributed by atoms with E-state index in [1.54, 1.807) is 0 Å². The van der Waals surface area contributed by atoms with E-state index in [2.05, 4.69) is 17.4 Å². The number of morpholine rings is 1. The molecule has 2 N–H and O–H groups in total. The Hall–Kier alpha value is -1.43. The minimum Gasteiger partial charge on any atom is -0.394 e. The topological polar surface area (TPSA) is 61.8 Å². The van der Waals surface area contributed by atoms with Gasteiger partial charge < -0.3 is 15.2 Å². The highest BCUT2D eigenvalue weighted by atomic mass is 16.5. The predicted octanol–water partition coefficient (Wildman–Crippen LogP) is 0.429. The number of aliphatic hydroxyl groups is 1. The lowest BCUT2D eigenvalue weighted by Gasteiger charge is -2.31. The monoisotopic (exact) mass is 292 g/mol. The molecule has 1 heterocycles. The number of ether oxygens (including phenoxy) is 1. The molecule has 1 fully saturated rings. The van der Waals surface area contributed by atoms with E-state index in [9.17, 15) is 4.79 Å². The number of nitrogens with zero attached hydrogens (tertiary/aromatic N) is 1. The Kier molecular flexibility index (Phi) is 6.66. The Morgan fingerprint density at radius 1 is 1.38 bits per heavy atom. The average Bonchev–Trinajstić information content (AvgIpc) is 2.53. The molecule has 5 nitrogen and oxygen atoms in total. The molecule has 0 aromatic heterocycles. The Morgan fingerprint density at radius 3 is 2.95 bits per heavy atom. The van der Waals surface area contributed by atoms with Crippen LogP contribution in [0.25, 0.3) is 0 Å². The van der Waals surface area contributed by atoms with Crippen molar-refractivity contribution in [1.29, 1.82) is 0 Å². The van der Waals surface area contributed by atoms with Crippen molar-refractivity contribution < 1.29 is 14.6 Å². The van der Waals surface area contributed by atoms with Crippen LogP contribution in [0, 0.1) is 0 Å². The van der Waals surface area contributed by atoms with Gasteiger partial charge in [-0.3, -0.25) is 9.69 Å². The summed E-state index contributed by atoms with van der Waals surface area (Å²) in [5.74, 6) is 0.0432. The summed E-state index contributed by atoms with van der Waals surface area (Å²) in [5.41, 5.74) is 1.30. The van der Waals surface area contributed by atoms with Crippen molar-refractivity contribution in [2.75, 3.05) is 39.4 Å². The summed E-state index contributed by atoms with van der Waals surface area (Å²) in [5, 5.41) is 12.0. The highest BCUT2D eigenvalue weighted by Crippen LogP contribution is 2.04. The number of rotatable bonds is 7. The van der Waals surface area contributed by atoms with Crippen LogP contribution < -0.4 is 5.32 Å². The first-order valence-corrected chi connectivity index (χ1v) is 7.53. The predicted molar refractivity (Wildman–Crippen MR) is 81.0 cm³/mol. The molecule has 2 rings (SSSR count). The first-order valence-electron chi connectivity index (χ1n) is 7.53. The summed E-state index contributed by atoms with van der Waals surface area (Å²) in [6, 6.07) is 10.3. The molecule has 0 spiro atoms. The molecule has 1 aliphatic rings. The zero-order chi connectivity index (χ0) is 14.9. The van der Waals surface area contributed by atoms with Gasteiger partial charge in [-0.25, -0.2) is 0 Å². The number of aryl methyl sites for hydroxylation is 1. The average molecular weight is 292 g/mol. The molecule has 5 heteroatoms. The van der Waals surface area contributed by atoms with E-state index in [-0.39, 0.29) is 18.6 Å². The van der Waals surface area contributed by atoms with Gasteiger partial charge in [-0.05, 0) is 18.4 Å². The van der Waals surface area contributed by atoms with Crippen LogP contribution in [0.15, 0.2) is 30.3 Å². The molecule has 1 aliphatic heterocycles. The zero-order valence-corrected chi connectivity index (χ0v) is 12.3. The lowest BCUT2D eigenvalue weighted by molar-refractivity contribution is -0.124. The summed E-state index contributed by atoms with van der Waals surface area (Å²) in [6.45, 7) is 3.02. The fourth-order valence-corrected chi connectivity index (χ4v) is 2.46. The standard InChI is InChI=1S/C16H24N2O3/c19-13-15-11-18(9-10-21-15)12-16(20)17-8-4-7-14-5-2-1-3-6-14/h1-3,5-6,15,19H,4,7-13H2,(H,17,20). The van der Waals surface area contributed by atoms with Crippen molar-refractivity contribution in [3.8, 4) is 0 Å². The van der Waals surface area contributed by atoms with E-state index in [4.69, 9.17) is 9.84 Å². The van der Waals surface area contributed by atoms with Crippen molar-refractivity contribution in [2.24, 2.45) is 0 Å². The molecule has 1 aromatic carbocycles. The molecule has 21 heavy (non-hydrogen) atoms.